The van der Waals surface area contributed by atoms with Crippen LogP contribution in [0, 0.1) is 10.1 Å². The largest absolute Gasteiger partial charge is 0.289 e. The van der Waals surface area contributed by atoms with Crippen LogP contribution in [0.2, 0.25) is 0 Å². The zero-order chi connectivity index (χ0) is 10.1. The summed E-state index contributed by atoms with van der Waals surface area (Å²) in [4.78, 5) is 9.09. The topological polar surface area (TPSA) is 103 Å². The van der Waals surface area contributed by atoms with Gasteiger partial charge in [0.25, 0.3) is 5.69 Å². The number of nitrogens with two attached hydrogens (primary N) is 1. The Morgan fingerprint density at radius 2 is 1.79 bits per heavy atom. The Morgan fingerprint density at radius 1 is 1.29 bits per heavy atom. The van der Waals surface area contributed by atoms with Crippen molar-refractivity contribution in [3.8, 4) is 0 Å². The van der Waals surface area contributed by atoms with Gasteiger partial charge >= 0.3 is 0 Å². The summed E-state index contributed by atoms with van der Waals surface area (Å²) in [5.74, 6) is 0. The molecular weight excluding hydrogens is 219 g/mol. The Balaban J connectivity index is 0.00000169. The number of primary sulfonamides is 1. The minimum absolute atomic E-state index is 0. The summed E-state index contributed by atoms with van der Waals surface area (Å²) >= 11 is 0. The summed E-state index contributed by atoms with van der Waals surface area (Å²) in [5, 5.41) is 15.1. The first-order valence-electron chi connectivity index (χ1n) is 3.19. The molecule has 0 saturated carbocycles. The third-order valence-electron chi connectivity index (χ3n) is 1.37. The van der Waals surface area contributed by atoms with Crippen LogP contribution in [0.1, 0.15) is 0 Å². The van der Waals surface area contributed by atoms with Gasteiger partial charge in [0, 0.05) is 35.6 Å². The predicted octanol–water partition coefficient (Wildman–Crippen LogP) is -0.139. The molecule has 0 aliphatic carbocycles. The van der Waals surface area contributed by atoms with Crippen LogP contribution in [0.4, 0.5) is 5.69 Å². The van der Waals surface area contributed by atoms with Gasteiger partial charge in [-0.15, -0.1) is 0 Å². The fourth-order valence-electron chi connectivity index (χ4n) is 0.849. The van der Waals surface area contributed by atoms with Gasteiger partial charge in [-0.1, -0.05) is 12.1 Å². The molecule has 6 nitrogen and oxygen atoms in total. The fraction of sp³-hybridized carbons (Fsp3) is 0. The van der Waals surface area contributed by atoms with Crippen molar-refractivity contribution in [1.82, 2.24) is 0 Å². The molecule has 1 aromatic rings. The molecule has 0 aromatic heterocycles. The van der Waals surface area contributed by atoms with E-state index in [1.807, 2.05) is 0 Å². The number of benzene rings is 1. The number of nitro benzene ring substituents is 1. The van der Waals surface area contributed by atoms with Gasteiger partial charge in [-0.2, -0.15) is 0 Å². The van der Waals surface area contributed by atoms with Crippen molar-refractivity contribution in [3.05, 3.63) is 34.4 Å². The summed E-state index contributed by atoms with van der Waals surface area (Å²) in [6.45, 7) is 0. The zero-order valence-corrected chi connectivity index (χ0v) is 10.2. The molecule has 0 aliphatic rings. The summed E-state index contributed by atoms with van der Waals surface area (Å²) in [6, 6.07) is 4.91. The van der Waals surface area contributed by atoms with Crippen LogP contribution in [0.15, 0.2) is 29.2 Å². The number of nitro groups is 1. The van der Waals surface area contributed by atoms with Crippen LogP contribution in [-0.4, -0.2) is 42.9 Å². The van der Waals surface area contributed by atoms with Crippen LogP contribution in [0.25, 0.3) is 0 Å². The van der Waals surface area contributed by atoms with Crippen molar-refractivity contribution in [2.24, 2.45) is 5.14 Å². The second-order valence-electron chi connectivity index (χ2n) is 2.27. The van der Waals surface area contributed by atoms with E-state index in [2.05, 4.69) is 0 Å². The molecule has 0 bridgehead atoms. The van der Waals surface area contributed by atoms with E-state index in [1.54, 1.807) is 0 Å². The van der Waals surface area contributed by atoms with E-state index in [-0.39, 0.29) is 29.6 Å². The van der Waals surface area contributed by atoms with E-state index in [1.165, 1.54) is 12.1 Å². The quantitative estimate of drug-likeness (QED) is 0.429. The average molecular weight is 225 g/mol. The molecule has 1 aromatic carbocycles. The second kappa shape index (κ2) is 4.85. The molecule has 0 heterocycles. The minimum atomic E-state index is -4.02. The van der Waals surface area contributed by atoms with Crippen molar-refractivity contribution in [1.29, 1.82) is 0 Å². The van der Waals surface area contributed by atoms with Crippen LogP contribution in [-0.2, 0) is 10.0 Å². The molecule has 0 fully saturated rings. The second-order valence-corrected chi connectivity index (χ2v) is 3.80. The Kier molecular flexibility index (Phi) is 4.69. The molecule has 14 heavy (non-hydrogen) atoms. The van der Waals surface area contributed by atoms with Gasteiger partial charge in [0.2, 0.25) is 10.0 Å². The predicted molar refractivity (Wildman–Crippen MR) is 50.2 cm³/mol. The molecule has 0 amide bonds. The first kappa shape index (κ1) is 13.5. The Hall–Kier alpha value is -0.470. The number of nitrogens with zero attached hydrogens (tertiary/aromatic N) is 1. The van der Waals surface area contributed by atoms with Crippen LogP contribution < -0.4 is 5.14 Å². The van der Waals surface area contributed by atoms with Crippen molar-refractivity contribution >= 4 is 45.3 Å². The Morgan fingerprint density at radius 3 is 2.14 bits per heavy atom. The van der Waals surface area contributed by atoms with Gasteiger partial charge in [0.05, 0.1) is 4.92 Å². The van der Waals surface area contributed by atoms with Gasteiger partial charge in [-0.25, -0.2) is 13.6 Å². The fourth-order valence-corrected chi connectivity index (χ4v) is 1.55. The zero-order valence-electron chi connectivity index (χ0n) is 7.38. The molecule has 1 rings (SSSR count). The van der Waals surface area contributed by atoms with Crippen molar-refractivity contribution < 1.29 is 13.3 Å². The number of hydrogen-bond donors (Lipinski definition) is 1. The average Bonchev–Trinajstić information content (AvgIpc) is 2.03. The number of para-hydroxylation sites is 1. The summed E-state index contributed by atoms with van der Waals surface area (Å²) in [5.41, 5.74) is -0.509. The Labute approximate surface area is 103 Å². The maximum absolute atomic E-state index is 10.8. The van der Waals surface area contributed by atoms with Crippen molar-refractivity contribution in [2.75, 3.05) is 0 Å². The van der Waals surface area contributed by atoms with E-state index in [0.29, 0.717) is 0 Å². The maximum Gasteiger partial charge on any atom is 0.289 e. The van der Waals surface area contributed by atoms with Gasteiger partial charge in [0.1, 0.15) is 0 Å². The third kappa shape index (κ3) is 3.03. The molecule has 2 N–H and O–H groups in total. The van der Waals surface area contributed by atoms with Gasteiger partial charge in [-0.05, 0) is 6.07 Å². The minimum Gasteiger partial charge on any atom is -0.258 e. The van der Waals surface area contributed by atoms with E-state index < -0.39 is 25.5 Å². The van der Waals surface area contributed by atoms with E-state index in [9.17, 15) is 18.5 Å². The molecule has 8 heteroatoms. The molecular formula is C6H6N2NaO4S. The molecule has 71 valence electrons. The summed E-state index contributed by atoms with van der Waals surface area (Å²) in [6.07, 6.45) is 0. The first-order valence-corrected chi connectivity index (χ1v) is 4.74. The van der Waals surface area contributed by atoms with E-state index in [4.69, 9.17) is 5.14 Å². The normalized spacial score (nSPS) is 10.4. The molecule has 1 radical (unpaired) electrons. The van der Waals surface area contributed by atoms with Gasteiger partial charge < -0.3 is 0 Å². The smallest absolute Gasteiger partial charge is 0.258 e. The van der Waals surface area contributed by atoms with Crippen molar-refractivity contribution in [3.63, 3.8) is 0 Å². The SMILES string of the molecule is NS(=O)(=O)c1ccccc1[N+](=O)[O-].[Na]. The molecule has 0 atom stereocenters. The van der Waals surface area contributed by atoms with Crippen LogP contribution in [0.3, 0.4) is 0 Å². The third-order valence-corrected chi connectivity index (χ3v) is 2.33. The van der Waals surface area contributed by atoms with Crippen LogP contribution in [0.5, 0.6) is 0 Å². The molecule has 0 saturated heterocycles. The summed E-state index contributed by atoms with van der Waals surface area (Å²) in [7, 11) is -4.02. The Bertz CT molecular complexity index is 445. The monoisotopic (exact) mass is 225 g/mol. The van der Waals surface area contributed by atoms with Gasteiger partial charge in [-0.3, -0.25) is 10.1 Å². The molecule has 0 spiro atoms. The van der Waals surface area contributed by atoms with Crippen molar-refractivity contribution in [2.45, 2.75) is 4.90 Å². The number of hydrogen-bond acceptors (Lipinski definition) is 4. The molecule has 0 aliphatic heterocycles. The maximum atomic E-state index is 10.8. The first-order chi connectivity index (χ1) is 5.93. The van der Waals surface area contributed by atoms with E-state index in [0.717, 1.165) is 12.1 Å². The number of sulfonamides is 1. The van der Waals surface area contributed by atoms with Gasteiger partial charge in [0.15, 0.2) is 4.90 Å². The summed E-state index contributed by atoms with van der Waals surface area (Å²) < 4.78 is 21.7. The van der Waals surface area contributed by atoms with E-state index >= 15 is 0 Å². The van der Waals surface area contributed by atoms with Crippen LogP contribution >= 0.6 is 0 Å². The standard InChI is InChI=1S/C6H6N2O4S.Na/c7-13(11,12)6-4-2-1-3-5(6)8(9)10;/h1-4H,(H2,7,11,12);. The number of rotatable bonds is 2. The molecule has 0 unspecified atom stereocenters.